The van der Waals surface area contributed by atoms with Gasteiger partial charge in [-0.15, -0.1) is 0 Å². The number of pyridine rings is 1. The van der Waals surface area contributed by atoms with Gasteiger partial charge in [-0.3, -0.25) is 9.69 Å². The first kappa shape index (κ1) is 22.1. The predicted octanol–water partition coefficient (Wildman–Crippen LogP) is 5.76. The number of aryl methyl sites for hydroxylation is 2. The molecule has 2 unspecified atom stereocenters. The zero-order valence-corrected chi connectivity index (χ0v) is 20.5. The first-order valence-electron chi connectivity index (χ1n) is 12.9. The Labute approximate surface area is 206 Å². The third kappa shape index (κ3) is 4.17. The molecule has 1 aliphatic heterocycles. The Morgan fingerprint density at radius 1 is 0.914 bits per heavy atom. The normalized spacial score (nSPS) is 19.1. The van der Waals surface area contributed by atoms with Crippen molar-refractivity contribution in [3.63, 3.8) is 0 Å². The van der Waals surface area contributed by atoms with Crippen LogP contribution in [0.15, 0.2) is 71.5 Å². The molecule has 4 aromatic rings. The van der Waals surface area contributed by atoms with Gasteiger partial charge in [0.05, 0.1) is 5.52 Å². The highest BCUT2D eigenvalue weighted by molar-refractivity contribution is 5.88. The van der Waals surface area contributed by atoms with Crippen molar-refractivity contribution in [3.05, 3.63) is 110 Å². The highest BCUT2D eigenvalue weighted by Gasteiger charge is 2.43. The molecule has 3 aromatic carbocycles. The van der Waals surface area contributed by atoms with Gasteiger partial charge in [-0.2, -0.15) is 0 Å². The van der Waals surface area contributed by atoms with Crippen molar-refractivity contribution in [2.75, 3.05) is 6.54 Å². The van der Waals surface area contributed by atoms with Gasteiger partial charge in [0.15, 0.2) is 0 Å². The van der Waals surface area contributed by atoms with E-state index < -0.39 is 0 Å². The van der Waals surface area contributed by atoms with E-state index in [1.54, 1.807) is 6.07 Å². The first-order valence-corrected chi connectivity index (χ1v) is 12.9. The molecule has 35 heavy (non-hydrogen) atoms. The molecule has 6 rings (SSSR count). The van der Waals surface area contributed by atoms with Gasteiger partial charge in [0, 0.05) is 30.1 Å². The predicted molar refractivity (Wildman–Crippen MR) is 141 cm³/mol. The SMILES string of the molecule is CCc1cc2c(cc1CC)CC(N1CC1c1ccc(OCc3ccccc3)c3[nH]c(=O)ccc13)C2. The van der Waals surface area contributed by atoms with Gasteiger partial charge in [0.2, 0.25) is 5.56 Å². The average molecular weight is 465 g/mol. The smallest absolute Gasteiger partial charge is 0.248 e. The van der Waals surface area contributed by atoms with Crippen LogP contribution in [0.5, 0.6) is 5.75 Å². The van der Waals surface area contributed by atoms with E-state index in [0.29, 0.717) is 18.7 Å². The minimum absolute atomic E-state index is 0.100. The van der Waals surface area contributed by atoms with Crippen LogP contribution in [0.4, 0.5) is 0 Å². The summed E-state index contributed by atoms with van der Waals surface area (Å²) >= 11 is 0. The molecule has 1 N–H and O–H groups in total. The molecular weight excluding hydrogens is 432 g/mol. The minimum atomic E-state index is -0.100. The Kier molecular flexibility index (Phi) is 5.69. The molecular formula is C31H32N2O2. The molecule has 1 aromatic heterocycles. The molecule has 0 radical (unpaired) electrons. The second-order valence-corrected chi connectivity index (χ2v) is 9.91. The maximum Gasteiger partial charge on any atom is 0.248 e. The number of nitrogens with zero attached hydrogens (tertiary/aromatic N) is 1. The van der Waals surface area contributed by atoms with Crippen molar-refractivity contribution in [1.82, 2.24) is 9.88 Å². The van der Waals surface area contributed by atoms with Crippen LogP contribution in [0, 0.1) is 0 Å². The van der Waals surface area contributed by atoms with E-state index in [-0.39, 0.29) is 5.56 Å². The van der Waals surface area contributed by atoms with Gasteiger partial charge in [0.1, 0.15) is 12.4 Å². The number of hydrogen-bond donors (Lipinski definition) is 1. The van der Waals surface area contributed by atoms with E-state index in [9.17, 15) is 4.79 Å². The Morgan fingerprint density at radius 2 is 1.63 bits per heavy atom. The standard InChI is InChI=1S/C31H32N2O2/c1-3-21-14-23-16-25(17-24(23)15-22(21)4-2)33-18-28(33)26-10-12-29(31-27(26)11-13-30(34)32-31)35-19-20-8-6-5-7-9-20/h5-15,25,28H,3-4,16-19H2,1-2H3,(H,32,34). The molecule has 4 nitrogen and oxygen atoms in total. The van der Waals surface area contributed by atoms with Gasteiger partial charge >= 0.3 is 0 Å². The van der Waals surface area contributed by atoms with Crippen LogP contribution < -0.4 is 10.3 Å². The number of hydrogen-bond acceptors (Lipinski definition) is 3. The van der Waals surface area contributed by atoms with Crippen molar-refractivity contribution >= 4 is 10.9 Å². The number of nitrogens with one attached hydrogen (secondary N) is 1. The lowest BCUT2D eigenvalue weighted by Crippen LogP contribution is -2.19. The summed E-state index contributed by atoms with van der Waals surface area (Å²) in [5, 5.41) is 1.08. The molecule has 0 amide bonds. The zero-order chi connectivity index (χ0) is 23.9. The van der Waals surface area contributed by atoms with E-state index in [2.05, 4.69) is 41.9 Å². The second kappa shape index (κ2) is 9.01. The number of benzene rings is 3. The third-order valence-electron chi connectivity index (χ3n) is 7.80. The van der Waals surface area contributed by atoms with Crippen molar-refractivity contribution in [2.45, 2.75) is 58.2 Å². The molecule has 4 heteroatoms. The number of H-pyrrole nitrogens is 1. The number of aromatic amines is 1. The fraction of sp³-hybridized carbons (Fsp3) is 0.323. The summed E-state index contributed by atoms with van der Waals surface area (Å²) in [5.41, 5.74) is 9.18. The third-order valence-corrected chi connectivity index (χ3v) is 7.80. The summed E-state index contributed by atoms with van der Waals surface area (Å²) < 4.78 is 6.14. The van der Waals surface area contributed by atoms with Crippen LogP contribution in [-0.2, 0) is 32.3 Å². The van der Waals surface area contributed by atoms with Crippen LogP contribution in [0.2, 0.25) is 0 Å². The van der Waals surface area contributed by atoms with Crippen molar-refractivity contribution < 1.29 is 4.74 Å². The fourth-order valence-corrected chi connectivity index (χ4v) is 5.87. The number of ether oxygens (including phenoxy) is 1. The fourth-order valence-electron chi connectivity index (χ4n) is 5.87. The average Bonchev–Trinajstić information content (AvgIpc) is 3.58. The lowest BCUT2D eigenvalue weighted by molar-refractivity contribution is 0.309. The van der Waals surface area contributed by atoms with E-state index in [0.717, 1.165) is 54.4 Å². The van der Waals surface area contributed by atoms with E-state index in [1.807, 2.05) is 42.5 Å². The topological polar surface area (TPSA) is 45.1 Å². The molecule has 2 atom stereocenters. The molecule has 2 aliphatic rings. The summed E-state index contributed by atoms with van der Waals surface area (Å²) in [6.07, 6.45) is 4.48. The Morgan fingerprint density at radius 3 is 2.31 bits per heavy atom. The Bertz CT molecular complexity index is 1410. The molecule has 1 fully saturated rings. The van der Waals surface area contributed by atoms with Crippen molar-refractivity contribution in [1.29, 1.82) is 0 Å². The van der Waals surface area contributed by atoms with Gasteiger partial charge in [0.25, 0.3) is 0 Å². The highest BCUT2D eigenvalue weighted by Crippen LogP contribution is 2.44. The van der Waals surface area contributed by atoms with Crippen LogP contribution in [0.1, 0.15) is 53.3 Å². The van der Waals surface area contributed by atoms with Gasteiger partial charge < -0.3 is 9.72 Å². The minimum Gasteiger partial charge on any atom is -0.487 e. The lowest BCUT2D eigenvalue weighted by Gasteiger charge is -2.15. The van der Waals surface area contributed by atoms with E-state index in [1.165, 1.54) is 27.8 Å². The van der Waals surface area contributed by atoms with Crippen LogP contribution in [0.3, 0.4) is 0 Å². The molecule has 1 saturated heterocycles. The van der Waals surface area contributed by atoms with Crippen molar-refractivity contribution in [2.24, 2.45) is 0 Å². The molecule has 2 heterocycles. The lowest BCUT2D eigenvalue weighted by atomic mass is 9.97. The maximum absolute atomic E-state index is 12.2. The van der Waals surface area contributed by atoms with Crippen molar-refractivity contribution in [3.8, 4) is 5.75 Å². The van der Waals surface area contributed by atoms with Gasteiger partial charge in [-0.05, 0) is 71.2 Å². The molecule has 0 bridgehead atoms. The number of aromatic nitrogens is 1. The maximum atomic E-state index is 12.2. The largest absolute Gasteiger partial charge is 0.487 e. The first-order chi connectivity index (χ1) is 17.1. The summed E-state index contributed by atoms with van der Waals surface area (Å²) in [4.78, 5) is 17.9. The Balaban J connectivity index is 1.24. The van der Waals surface area contributed by atoms with E-state index >= 15 is 0 Å². The molecule has 1 aliphatic carbocycles. The Hall–Kier alpha value is -3.37. The second-order valence-electron chi connectivity index (χ2n) is 9.91. The summed E-state index contributed by atoms with van der Waals surface area (Å²) in [7, 11) is 0. The summed E-state index contributed by atoms with van der Waals surface area (Å²) in [6.45, 7) is 6.06. The monoisotopic (exact) mass is 464 g/mol. The number of fused-ring (bicyclic) bond motifs is 2. The summed E-state index contributed by atoms with van der Waals surface area (Å²) in [6, 6.07) is 23.8. The van der Waals surface area contributed by atoms with Gasteiger partial charge in [-0.1, -0.05) is 62.4 Å². The van der Waals surface area contributed by atoms with Crippen LogP contribution in [0.25, 0.3) is 10.9 Å². The van der Waals surface area contributed by atoms with E-state index in [4.69, 9.17) is 4.74 Å². The van der Waals surface area contributed by atoms with Crippen LogP contribution >= 0.6 is 0 Å². The zero-order valence-electron chi connectivity index (χ0n) is 20.5. The summed E-state index contributed by atoms with van der Waals surface area (Å²) in [5.74, 6) is 0.727. The van der Waals surface area contributed by atoms with Crippen LogP contribution in [-0.4, -0.2) is 22.5 Å². The number of rotatable bonds is 7. The highest BCUT2D eigenvalue weighted by atomic mass is 16.5. The molecule has 178 valence electrons. The molecule has 0 saturated carbocycles. The molecule has 0 spiro atoms. The quantitative estimate of drug-likeness (QED) is 0.354. The van der Waals surface area contributed by atoms with Gasteiger partial charge in [-0.25, -0.2) is 0 Å².